The van der Waals surface area contributed by atoms with E-state index in [0.717, 1.165) is 22.4 Å². The first kappa shape index (κ1) is 17.9. The van der Waals surface area contributed by atoms with Crippen molar-refractivity contribution in [1.82, 2.24) is 5.16 Å². The second-order valence-corrected chi connectivity index (χ2v) is 6.79. The van der Waals surface area contributed by atoms with Gasteiger partial charge in [-0.25, -0.2) is 0 Å². The second kappa shape index (κ2) is 7.61. The van der Waals surface area contributed by atoms with Crippen molar-refractivity contribution >= 4 is 0 Å². The lowest BCUT2D eigenvalue weighted by atomic mass is 9.99. The van der Waals surface area contributed by atoms with Gasteiger partial charge in [-0.05, 0) is 37.1 Å². The number of rotatable bonds is 5. The number of nitrogens with zero attached hydrogens (tertiary/aromatic N) is 1. The van der Waals surface area contributed by atoms with Crippen LogP contribution in [0.5, 0.6) is 11.5 Å². The number of phenols is 1. The summed E-state index contributed by atoms with van der Waals surface area (Å²) in [5.74, 6) is 1.24. The minimum absolute atomic E-state index is 0.0923. The molecule has 28 heavy (non-hydrogen) atoms. The Balaban J connectivity index is 1.60. The molecule has 4 rings (SSSR count). The van der Waals surface area contributed by atoms with E-state index in [9.17, 15) is 5.11 Å². The molecule has 0 unspecified atom stereocenters. The zero-order valence-electron chi connectivity index (χ0n) is 15.8. The summed E-state index contributed by atoms with van der Waals surface area (Å²) in [4.78, 5) is 0. The van der Waals surface area contributed by atoms with Crippen LogP contribution in [0.15, 0.2) is 77.3 Å². The van der Waals surface area contributed by atoms with E-state index in [-0.39, 0.29) is 5.75 Å². The zero-order chi connectivity index (χ0) is 19.5. The molecule has 1 aromatic heterocycles. The van der Waals surface area contributed by atoms with Crippen molar-refractivity contribution in [3.05, 3.63) is 89.6 Å². The Morgan fingerprint density at radius 3 is 2.39 bits per heavy atom. The maximum absolute atomic E-state index is 10.6. The van der Waals surface area contributed by atoms with Gasteiger partial charge in [0.05, 0.1) is 16.8 Å². The molecule has 140 valence electrons. The smallest absolute Gasteiger partial charge is 0.178 e. The highest BCUT2D eigenvalue weighted by atomic mass is 16.5. The Kier molecular flexibility index (Phi) is 4.85. The molecule has 0 aliphatic heterocycles. The molecule has 0 aliphatic carbocycles. The number of aryl methyl sites for hydroxylation is 2. The molecule has 0 amide bonds. The van der Waals surface area contributed by atoms with Crippen molar-refractivity contribution in [1.29, 1.82) is 0 Å². The molecule has 0 radical (unpaired) electrons. The molecule has 0 fully saturated rings. The Hall–Kier alpha value is -3.53. The lowest BCUT2D eigenvalue weighted by Crippen LogP contribution is -1.95. The number of ether oxygens (including phenoxy) is 1. The van der Waals surface area contributed by atoms with Crippen LogP contribution in [0.4, 0.5) is 0 Å². The van der Waals surface area contributed by atoms with Crippen LogP contribution >= 0.6 is 0 Å². The van der Waals surface area contributed by atoms with Gasteiger partial charge in [-0.1, -0.05) is 65.3 Å². The van der Waals surface area contributed by atoms with Crippen LogP contribution in [0.2, 0.25) is 0 Å². The number of aromatic nitrogens is 1. The van der Waals surface area contributed by atoms with Gasteiger partial charge in [-0.2, -0.15) is 0 Å². The predicted octanol–water partition coefficient (Wildman–Crippen LogP) is 5.91. The number of aromatic hydroxyl groups is 1. The van der Waals surface area contributed by atoms with Gasteiger partial charge in [0, 0.05) is 6.07 Å². The van der Waals surface area contributed by atoms with Gasteiger partial charge in [0.1, 0.15) is 18.1 Å². The zero-order valence-corrected chi connectivity index (χ0v) is 15.8. The third-order valence-electron chi connectivity index (χ3n) is 4.67. The van der Waals surface area contributed by atoms with Gasteiger partial charge < -0.3 is 14.4 Å². The fourth-order valence-corrected chi connectivity index (χ4v) is 3.14. The quantitative estimate of drug-likeness (QED) is 0.474. The van der Waals surface area contributed by atoms with E-state index in [1.54, 1.807) is 12.1 Å². The molecular weight excluding hydrogens is 350 g/mol. The van der Waals surface area contributed by atoms with Crippen molar-refractivity contribution in [2.75, 3.05) is 0 Å². The fraction of sp³-hybridized carbons (Fsp3) is 0.125. The minimum atomic E-state index is 0.0923. The summed E-state index contributed by atoms with van der Waals surface area (Å²) in [5, 5.41) is 14.7. The van der Waals surface area contributed by atoms with Crippen LogP contribution in [0.1, 0.15) is 16.8 Å². The van der Waals surface area contributed by atoms with E-state index in [1.165, 1.54) is 5.56 Å². The molecule has 0 spiro atoms. The van der Waals surface area contributed by atoms with Crippen LogP contribution < -0.4 is 4.74 Å². The largest absolute Gasteiger partial charge is 0.507 e. The van der Waals surface area contributed by atoms with Gasteiger partial charge in [0.15, 0.2) is 5.76 Å². The van der Waals surface area contributed by atoms with Crippen molar-refractivity contribution < 1.29 is 14.4 Å². The highest BCUT2D eigenvalue weighted by Crippen LogP contribution is 2.40. The first-order valence-corrected chi connectivity index (χ1v) is 9.15. The molecule has 1 heterocycles. The first-order chi connectivity index (χ1) is 13.6. The topological polar surface area (TPSA) is 55.5 Å². The molecular formula is C24H21NO3. The van der Waals surface area contributed by atoms with E-state index in [2.05, 4.69) is 24.2 Å². The number of benzene rings is 3. The van der Waals surface area contributed by atoms with Crippen LogP contribution in [0, 0.1) is 13.8 Å². The predicted molar refractivity (Wildman–Crippen MR) is 109 cm³/mol. The Labute approximate surface area is 164 Å². The molecule has 0 bridgehead atoms. The van der Waals surface area contributed by atoms with Crippen molar-refractivity contribution in [3.8, 4) is 33.9 Å². The van der Waals surface area contributed by atoms with E-state index in [1.807, 2.05) is 55.5 Å². The fourth-order valence-electron chi connectivity index (χ4n) is 3.14. The van der Waals surface area contributed by atoms with Crippen LogP contribution in [-0.4, -0.2) is 10.3 Å². The van der Waals surface area contributed by atoms with Crippen LogP contribution in [0.25, 0.3) is 22.5 Å². The maximum atomic E-state index is 10.6. The third-order valence-corrected chi connectivity index (χ3v) is 4.67. The molecule has 4 heteroatoms. The van der Waals surface area contributed by atoms with Crippen LogP contribution in [0.3, 0.4) is 0 Å². The monoisotopic (exact) mass is 371 g/mol. The molecule has 0 aliphatic rings. The molecule has 3 aromatic carbocycles. The normalized spacial score (nSPS) is 10.8. The van der Waals surface area contributed by atoms with Crippen molar-refractivity contribution in [2.24, 2.45) is 0 Å². The molecule has 4 nitrogen and oxygen atoms in total. The number of phenolic OH excluding ortho intramolecular Hbond substituents is 1. The maximum Gasteiger partial charge on any atom is 0.178 e. The standard InChI is InChI=1S/C24H21NO3/c1-16-8-10-18(11-9-16)15-27-20-12-13-21(22(26)14-20)24-23(17(2)25-28-24)19-6-4-3-5-7-19/h3-14,26H,15H2,1-2H3. The molecule has 0 saturated carbocycles. The molecule has 1 N–H and O–H groups in total. The van der Waals surface area contributed by atoms with Gasteiger partial charge in [0.25, 0.3) is 0 Å². The van der Waals surface area contributed by atoms with Gasteiger partial charge in [-0.15, -0.1) is 0 Å². The van der Waals surface area contributed by atoms with E-state index >= 15 is 0 Å². The summed E-state index contributed by atoms with van der Waals surface area (Å²) in [7, 11) is 0. The Morgan fingerprint density at radius 1 is 0.929 bits per heavy atom. The molecule has 4 aromatic rings. The van der Waals surface area contributed by atoms with E-state index in [0.29, 0.717) is 23.7 Å². The second-order valence-electron chi connectivity index (χ2n) is 6.79. The van der Waals surface area contributed by atoms with E-state index in [4.69, 9.17) is 9.26 Å². The number of hydrogen-bond donors (Lipinski definition) is 1. The SMILES string of the molecule is Cc1ccc(COc2ccc(-c3onc(C)c3-c3ccccc3)c(O)c2)cc1. The highest BCUT2D eigenvalue weighted by Gasteiger charge is 2.19. The van der Waals surface area contributed by atoms with Crippen LogP contribution in [-0.2, 0) is 6.61 Å². The summed E-state index contributed by atoms with van der Waals surface area (Å²) >= 11 is 0. The summed E-state index contributed by atoms with van der Waals surface area (Å²) < 4.78 is 11.4. The highest BCUT2D eigenvalue weighted by molar-refractivity contribution is 5.83. The van der Waals surface area contributed by atoms with Crippen molar-refractivity contribution in [3.63, 3.8) is 0 Å². The summed E-state index contributed by atoms with van der Waals surface area (Å²) in [6, 6.07) is 23.3. The average Bonchev–Trinajstić information content (AvgIpc) is 3.09. The lowest BCUT2D eigenvalue weighted by molar-refractivity contribution is 0.304. The average molecular weight is 371 g/mol. The summed E-state index contributed by atoms with van der Waals surface area (Å²) in [6.07, 6.45) is 0. The van der Waals surface area contributed by atoms with Crippen molar-refractivity contribution in [2.45, 2.75) is 20.5 Å². The Bertz CT molecular complexity index is 1080. The van der Waals surface area contributed by atoms with Gasteiger partial charge >= 0.3 is 0 Å². The first-order valence-electron chi connectivity index (χ1n) is 9.15. The minimum Gasteiger partial charge on any atom is -0.507 e. The Morgan fingerprint density at radius 2 is 1.68 bits per heavy atom. The van der Waals surface area contributed by atoms with Gasteiger partial charge in [0.2, 0.25) is 0 Å². The molecule has 0 saturated heterocycles. The number of hydrogen-bond acceptors (Lipinski definition) is 4. The lowest BCUT2D eigenvalue weighted by Gasteiger charge is -2.09. The molecule has 0 atom stereocenters. The summed E-state index contributed by atoms with van der Waals surface area (Å²) in [5.41, 5.74) is 5.52. The van der Waals surface area contributed by atoms with E-state index < -0.39 is 0 Å². The van der Waals surface area contributed by atoms with Gasteiger partial charge in [-0.3, -0.25) is 0 Å². The summed E-state index contributed by atoms with van der Waals surface area (Å²) in [6.45, 7) is 4.39. The third kappa shape index (κ3) is 3.62.